The molecule has 1 fully saturated rings. The van der Waals surface area contributed by atoms with Crippen LogP contribution in [0.25, 0.3) is 5.57 Å². The first-order valence-corrected chi connectivity index (χ1v) is 10.2. The van der Waals surface area contributed by atoms with Crippen molar-refractivity contribution in [3.63, 3.8) is 0 Å². The smallest absolute Gasteiger partial charge is 0.277 e. The van der Waals surface area contributed by atoms with Gasteiger partial charge >= 0.3 is 0 Å². The molecular weight excluding hydrogens is 362 g/mol. The van der Waals surface area contributed by atoms with Gasteiger partial charge in [0.25, 0.3) is 11.8 Å². The molecule has 0 spiro atoms. The molecule has 150 valence electrons. The first-order valence-electron chi connectivity index (χ1n) is 10.2. The van der Waals surface area contributed by atoms with Crippen LogP contribution >= 0.6 is 0 Å². The fourth-order valence-electron chi connectivity index (χ4n) is 4.26. The van der Waals surface area contributed by atoms with Crippen molar-refractivity contribution in [3.8, 4) is 0 Å². The molecular formula is C24H27N3O2. The van der Waals surface area contributed by atoms with Gasteiger partial charge in [-0.2, -0.15) is 0 Å². The zero-order valence-corrected chi connectivity index (χ0v) is 17.3. The zero-order valence-electron chi connectivity index (χ0n) is 17.3. The normalized spacial score (nSPS) is 17.6. The second kappa shape index (κ2) is 7.74. The predicted molar refractivity (Wildman–Crippen MR) is 115 cm³/mol. The van der Waals surface area contributed by atoms with Crippen LogP contribution in [0.1, 0.15) is 23.6 Å². The molecule has 2 aromatic carbocycles. The van der Waals surface area contributed by atoms with E-state index in [1.165, 1.54) is 21.7 Å². The third-order valence-electron chi connectivity index (χ3n) is 6.03. The minimum Gasteiger partial charge on any atom is -0.368 e. The van der Waals surface area contributed by atoms with Crippen LogP contribution in [-0.2, 0) is 9.59 Å². The predicted octanol–water partition coefficient (Wildman–Crippen LogP) is 3.23. The first-order chi connectivity index (χ1) is 14.0. The number of hydrogen-bond donors (Lipinski definition) is 0. The Bertz CT molecular complexity index is 973. The van der Waals surface area contributed by atoms with Crippen LogP contribution in [0.15, 0.2) is 54.2 Å². The number of amides is 2. The SMILES string of the molecule is CCN1C(=O)C(c2ccccc2)=C(N2CCN(c3cccc(C)c3C)CC2)C1=O. The lowest BCUT2D eigenvalue weighted by atomic mass is 10.0. The molecule has 0 unspecified atom stereocenters. The van der Waals surface area contributed by atoms with Gasteiger partial charge in [-0.05, 0) is 43.5 Å². The van der Waals surface area contributed by atoms with Crippen molar-refractivity contribution in [1.82, 2.24) is 9.80 Å². The Kier molecular flexibility index (Phi) is 5.14. The third-order valence-corrected chi connectivity index (χ3v) is 6.03. The molecule has 0 aromatic heterocycles. The molecule has 5 nitrogen and oxygen atoms in total. The molecule has 2 amide bonds. The van der Waals surface area contributed by atoms with E-state index in [0.717, 1.165) is 31.7 Å². The molecule has 5 heteroatoms. The monoisotopic (exact) mass is 389 g/mol. The van der Waals surface area contributed by atoms with Crippen molar-refractivity contribution in [3.05, 3.63) is 70.9 Å². The summed E-state index contributed by atoms with van der Waals surface area (Å²) in [6.45, 7) is 9.61. The van der Waals surface area contributed by atoms with Gasteiger partial charge < -0.3 is 9.80 Å². The quantitative estimate of drug-likeness (QED) is 0.753. The number of likely N-dealkylation sites (N-methyl/N-ethyl adjacent to an activating group) is 1. The number of carbonyl (C=O) groups excluding carboxylic acids is 2. The second-order valence-electron chi connectivity index (χ2n) is 7.64. The first kappa shape index (κ1) is 19.2. The number of anilines is 1. The molecule has 2 aliphatic rings. The summed E-state index contributed by atoms with van der Waals surface area (Å²) in [6, 6.07) is 15.9. The van der Waals surface area contributed by atoms with E-state index in [-0.39, 0.29) is 11.8 Å². The highest BCUT2D eigenvalue weighted by atomic mass is 16.2. The van der Waals surface area contributed by atoms with Crippen LogP contribution in [-0.4, -0.2) is 54.3 Å². The van der Waals surface area contributed by atoms with Crippen molar-refractivity contribution in [2.75, 3.05) is 37.6 Å². The van der Waals surface area contributed by atoms with Crippen LogP contribution in [0.2, 0.25) is 0 Å². The highest BCUT2D eigenvalue weighted by Gasteiger charge is 2.41. The van der Waals surface area contributed by atoms with Crippen molar-refractivity contribution >= 4 is 23.1 Å². The lowest BCUT2D eigenvalue weighted by Crippen LogP contribution is -2.47. The summed E-state index contributed by atoms with van der Waals surface area (Å²) in [5.74, 6) is -0.354. The summed E-state index contributed by atoms with van der Waals surface area (Å²) in [7, 11) is 0. The lowest BCUT2D eigenvalue weighted by molar-refractivity contribution is -0.137. The maximum atomic E-state index is 13.1. The molecule has 4 rings (SSSR count). The highest BCUT2D eigenvalue weighted by molar-refractivity contribution is 6.35. The van der Waals surface area contributed by atoms with E-state index < -0.39 is 0 Å². The number of rotatable bonds is 4. The summed E-state index contributed by atoms with van der Waals surface area (Å²) >= 11 is 0. The highest BCUT2D eigenvalue weighted by Crippen LogP contribution is 2.33. The fourth-order valence-corrected chi connectivity index (χ4v) is 4.26. The summed E-state index contributed by atoms with van der Waals surface area (Å²) in [5, 5.41) is 0. The average molecular weight is 389 g/mol. The van der Waals surface area contributed by atoms with E-state index in [1.54, 1.807) is 0 Å². The van der Waals surface area contributed by atoms with Crippen molar-refractivity contribution in [2.24, 2.45) is 0 Å². The van der Waals surface area contributed by atoms with E-state index in [4.69, 9.17) is 0 Å². The largest absolute Gasteiger partial charge is 0.368 e. The van der Waals surface area contributed by atoms with Crippen molar-refractivity contribution in [1.29, 1.82) is 0 Å². The Morgan fingerprint density at radius 2 is 1.45 bits per heavy atom. The van der Waals surface area contributed by atoms with E-state index in [1.807, 2.05) is 37.3 Å². The molecule has 2 aromatic rings. The standard InChI is InChI=1S/C24H27N3O2/c1-4-27-23(28)21(19-10-6-5-7-11-19)22(24(27)29)26-15-13-25(14-16-26)20-12-8-9-17(2)18(20)3/h5-12H,4,13-16H2,1-3H3. The van der Waals surface area contributed by atoms with Gasteiger partial charge in [-0.25, -0.2) is 0 Å². The summed E-state index contributed by atoms with van der Waals surface area (Å²) in [6.07, 6.45) is 0. The van der Waals surface area contributed by atoms with Crippen LogP contribution in [0.5, 0.6) is 0 Å². The van der Waals surface area contributed by atoms with Gasteiger partial charge in [0, 0.05) is 38.4 Å². The molecule has 2 aliphatic heterocycles. The molecule has 0 N–H and O–H groups in total. The van der Waals surface area contributed by atoms with Crippen molar-refractivity contribution in [2.45, 2.75) is 20.8 Å². The minimum atomic E-state index is -0.185. The Morgan fingerprint density at radius 3 is 2.10 bits per heavy atom. The molecule has 0 radical (unpaired) electrons. The number of hydrogen-bond acceptors (Lipinski definition) is 4. The molecule has 1 saturated heterocycles. The molecule has 0 saturated carbocycles. The molecule has 2 heterocycles. The summed E-state index contributed by atoms with van der Waals surface area (Å²) in [5.41, 5.74) is 5.75. The van der Waals surface area contributed by atoms with Gasteiger partial charge in [0.05, 0.1) is 5.57 Å². The Labute approximate surface area is 172 Å². The minimum absolute atomic E-state index is 0.170. The maximum Gasteiger partial charge on any atom is 0.277 e. The third kappa shape index (κ3) is 3.31. The topological polar surface area (TPSA) is 43.9 Å². The van der Waals surface area contributed by atoms with E-state index in [9.17, 15) is 9.59 Å². The van der Waals surface area contributed by atoms with Gasteiger partial charge in [0.15, 0.2) is 0 Å². The van der Waals surface area contributed by atoms with E-state index in [0.29, 0.717) is 17.8 Å². The van der Waals surface area contributed by atoms with Gasteiger partial charge in [0.2, 0.25) is 0 Å². The average Bonchev–Trinajstić information content (AvgIpc) is 3.00. The number of aryl methyl sites for hydroxylation is 1. The summed E-state index contributed by atoms with van der Waals surface area (Å²) in [4.78, 5) is 31.9. The zero-order chi connectivity index (χ0) is 20.5. The number of benzene rings is 2. The van der Waals surface area contributed by atoms with Gasteiger partial charge in [-0.3, -0.25) is 14.5 Å². The van der Waals surface area contributed by atoms with Gasteiger partial charge in [-0.1, -0.05) is 42.5 Å². The second-order valence-corrected chi connectivity index (χ2v) is 7.64. The van der Waals surface area contributed by atoms with Crippen LogP contribution in [0.3, 0.4) is 0 Å². The van der Waals surface area contributed by atoms with Crippen molar-refractivity contribution < 1.29 is 9.59 Å². The number of piperazine rings is 1. The molecule has 0 bridgehead atoms. The Balaban J connectivity index is 1.63. The molecule has 0 aliphatic carbocycles. The Hall–Kier alpha value is -3.08. The number of carbonyl (C=O) groups is 2. The fraction of sp³-hybridized carbons (Fsp3) is 0.333. The van der Waals surface area contributed by atoms with Crippen LogP contribution < -0.4 is 4.90 Å². The van der Waals surface area contributed by atoms with Crippen LogP contribution in [0, 0.1) is 13.8 Å². The van der Waals surface area contributed by atoms with E-state index >= 15 is 0 Å². The maximum absolute atomic E-state index is 13.1. The Morgan fingerprint density at radius 1 is 0.793 bits per heavy atom. The lowest BCUT2D eigenvalue weighted by Gasteiger charge is -2.38. The van der Waals surface area contributed by atoms with Gasteiger partial charge in [-0.15, -0.1) is 0 Å². The van der Waals surface area contributed by atoms with Crippen LogP contribution in [0.4, 0.5) is 5.69 Å². The summed E-state index contributed by atoms with van der Waals surface area (Å²) < 4.78 is 0. The van der Waals surface area contributed by atoms with Gasteiger partial charge in [0.1, 0.15) is 5.70 Å². The number of imide groups is 1. The van der Waals surface area contributed by atoms with E-state index in [2.05, 4.69) is 41.8 Å². The molecule has 29 heavy (non-hydrogen) atoms. The molecule has 0 atom stereocenters. The number of nitrogens with zero attached hydrogens (tertiary/aromatic N) is 3.